The van der Waals surface area contributed by atoms with Crippen molar-refractivity contribution >= 4 is 0 Å². The summed E-state index contributed by atoms with van der Waals surface area (Å²) in [6, 6.07) is 7.29. The molecule has 1 aromatic heterocycles. The van der Waals surface area contributed by atoms with Crippen molar-refractivity contribution < 1.29 is 9.13 Å². The van der Waals surface area contributed by atoms with Gasteiger partial charge < -0.3 is 4.74 Å². The lowest BCUT2D eigenvalue weighted by atomic mass is 9.73. The summed E-state index contributed by atoms with van der Waals surface area (Å²) in [6.07, 6.45) is 5.08. The van der Waals surface area contributed by atoms with E-state index in [2.05, 4.69) is 16.0 Å². The zero-order valence-corrected chi connectivity index (χ0v) is 13.9. The summed E-state index contributed by atoms with van der Waals surface area (Å²) in [6.45, 7) is 5.37. The molecule has 3 saturated heterocycles. The molecule has 3 nitrogen and oxygen atoms in total. The first kappa shape index (κ1) is 14.4. The number of pyridine rings is 1. The molecule has 0 aliphatic carbocycles. The van der Waals surface area contributed by atoms with Crippen LogP contribution < -0.4 is 4.74 Å². The summed E-state index contributed by atoms with van der Waals surface area (Å²) in [5.74, 6) is 1.18. The van der Waals surface area contributed by atoms with Crippen molar-refractivity contribution in [3.63, 3.8) is 0 Å². The van der Waals surface area contributed by atoms with Crippen LogP contribution >= 0.6 is 0 Å². The molecular weight excluding hydrogens is 303 g/mol. The number of nitrogens with zero attached hydrogens (tertiary/aromatic N) is 2. The van der Waals surface area contributed by atoms with E-state index in [0.29, 0.717) is 11.5 Å². The van der Waals surface area contributed by atoms with Crippen molar-refractivity contribution in [1.29, 1.82) is 0 Å². The van der Waals surface area contributed by atoms with Gasteiger partial charge in [0.05, 0.1) is 0 Å². The van der Waals surface area contributed by atoms with E-state index in [-0.39, 0.29) is 11.4 Å². The Kier molecular flexibility index (Phi) is 3.02. The van der Waals surface area contributed by atoms with Crippen LogP contribution in [0.5, 0.6) is 5.88 Å². The maximum absolute atomic E-state index is 14.2. The van der Waals surface area contributed by atoms with Crippen LogP contribution in [0.2, 0.25) is 0 Å². The molecular formula is C20H21FN2O. The molecule has 0 saturated carbocycles. The highest BCUT2D eigenvalue weighted by Crippen LogP contribution is 2.46. The van der Waals surface area contributed by atoms with E-state index in [4.69, 9.17) is 4.74 Å². The largest absolute Gasteiger partial charge is 0.469 e. The monoisotopic (exact) mass is 324 g/mol. The van der Waals surface area contributed by atoms with Crippen molar-refractivity contribution in [2.75, 3.05) is 19.6 Å². The topological polar surface area (TPSA) is 25.4 Å². The van der Waals surface area contributed by atoms with Gasteiger partial charge >= 0.3 is 0 Å². The minimum atomic E-state index is -0.196. The average molecular weight is 324 g/mol. The van der Waals surface area contributed by atoms with Gasteiger partial charge in [-0.25, -0.2) is 9.37 Å². The van der Waals surface area contributed by atoms with Gasteiger partial charge in [-0.2, -0.15) is 0 Å². The second-order valence-electron chi connectivity index (χ2n) is 7.57. The second kappa shape index (κ2) is 5.03. The van der Waals surface area contributed by atoms with Crippen molar-refractivity contribution in [3.05, 3.63) is 47.4 Å². The van der Waals surface area contributed by atoms with E-state index in [1.54, 1.807) is 12.3 Å². The molecule has 124 valence electrons. The van der Waals surface area contributed by atoms with Gasteiger partial charge in [0.25, 0.3) is 0 Å². The predicted octanol–water partition coefficient (Wildman–Crippen LogP) is 3.60. The summed E-state index contributed by atoms with van der Waals surface area (Å²) < 4.78 is 20.6. The summed E-state index contributed by atoms with van der Waals surface area (Å²) in [5.41, 5.74) is 3.55. The number of aryl methyl sites for hydroxylation is 1. The Labute approximate surface area is 141 Å². The van der Waals surface area contributed by atoms with Crippen LogP contribution in [0.3, 0.4) is 0 Å². The summed E-state index contributed by atoms with van der Waals surface area (Å²) >= 11 is 0. The molecule has 24 heavy (non-hydrogen) atoms. The maximum Gasteiger partial charge on any atom is 0.217 e. The van der Waals surface area contributed by atoms with E-state index in [9.17, 15) is 4.39 Å². The van der Waals surface area contributed by atoms with Crippen molar-refractivity contribution in [1.82, 2.24) is 9.88 Å². The van der Waals surface area contributed by atoms with Gasteiger partial charge in [-0.15, -0.1) is 0 Å². The Balaban J connectivity index is 1.51. The molecule has 4 aliphatic heterocycles. The molecule has 1 atom stereocenters. The van der Waals surface area contributed by atoms with Crippen LogP contribution in [0.1, 0.15) is 24.0 Å². The summed E-state index contributed by atoms with van der Waals surface area (Å²) in [7, 11) is 0. The quantitative estimate of drug-likeness (QED) is 0.801. The van der Waals surface area contributed by atoms with Crippen LogP contribution in [0.25, 0.3) is 11.1 Å². The number of fused-ring (bicyclic) bond motifs is 3. The average Bonchev–Trinajstić information content (AvgIpc) is 2.94. The number of rotatable bonds is 1. The maximum atomic E-state index is 14.2. The molecule has 6 rings (SSSR count). The molecule has 4 heteroatoms. The van der Waals surface area contributed by atoms with Crippen LogP contribution in [-0.4, -0.2) is 35.1 Å². The van der Waals surface area contributed by atoms with E-state index < -0.39 is 0 Å². The van der Waals surface area contributed by atoms with E-state index in [0.717, 1.165) is 35.5 Å². The first-order valence-electron chi connectivity index (χ1n) is 8.80. The Bertz CT molecular complexity index is 813. The van der Waals surface area contributed by atoms with Crippen LogP contribution in [0.15, 0.2) is 30.5 Å². The van der Waals surface area contributed by atoms with Crippen LogP contribution in [-0.2, 0) is 6.42 Å². The fraction of sp³-hybridized carbons (Fsp3) is 0.450. The lowest BCUT2D eigenvalue weighted by Gasteiger charge is -2.50. The minimum Gasteiger partial charge on any atom is -0.469 e. The molecule has 0 radical (unpaired) electrons. The molecule has 2 aromatic rings. The highest BCUT2D eigenvalue weighted by atomic mass is 19.1. The number of aromatic nitrogens is 1. The molecule has 0 amide bonds. The Hall–Kier alpha value is -1.94. The number of benzene rings is 1. The number of hydrogen-bond acceptors (Lipinski definition) is 3. The third-order valence-electron chi connectivity index (χ3n) is 5.97. The zero-order chi connectivity index (χ0) is 16.3. The molecule has 2 bridgehead atoms. The smallest absolute Gasteiger partial charge is 0.217 e. The third kappa shape index (κ3) is 2.09. The second-order valence-corrected chi connectivity index (χ2v) is 7.57. The van der Waals surface area contributed by atoms with Gasteiger partial charge in [0.2, 0.25) is 5.88 Å². The Morgan fingerprint density at radius 2 is 2.08 bits per heavy atom. The van der Waals surface area contributed by atoms with Crippen molar-refractivity contribution in [2.45, 2.75) is 31.8 Å². The normalized spacial score (nSPS) is 30.4. The number of halogens is 1. The lowest BCUT2D eigenvalue weighted by molar-refractivity contribution is -0.0814. The highest BCUT2D eigenvalue weighted by molar-refractivity contribution is 5.66. The molecule has 3 fully saturated rings. The van der Waals surface area contributed by atoms with Gasteiger partial charge in [0.1, 0.15) is 11.4 Å². The minimum absolute atomic E-state index is 0.102. The zero-order valence-electron chi connectivity index (χ0n) is 13.9. The van der Waals surface area contributed by atoms with Gasteiger partial charge in [0.15, 0.2) is 0 Å². The van der Waals surface area contributed by atoms with Gasteiger partial charge in [-0.05, 0) is 51.1 Å². The first-order valence-corrected chi connectivity index (χ1v) is 8.80. The fourth-order valence-corrected chi connectivity index (χ4v) is 4.72. The number of hydrogen-bond donors (Lipinski definition) is 0. The van der Waals surface area contributed by atoms with Gasteiger partial charge in [0, 0.05) is 41.8 Å². The summed E-state index contributed by atoms with van der Waals surface area (Å²) in [4.78, 5) is 7.04. The van der Waals surface area contributed by atoms with Crippen LogP contribution in [0, 0.1) is 18.7 Å². The first-order chi connectivity index (χ1) is 11.6. The number of piperidine rings is 3. The summed E-state index contributed by atoms with van der Waals surface area (Å²) in [5, 5.41) is 0. The van der Waals surface area contributed by atoms with Gasteiger partial charge in [-0.3, -0.25) is 4.90 Å². The standard InChI is InChI=1S/C20H21FN2O/c1-13-2-3-18(21)17(8-13)15-9-14-10-20(24-19(14)22-11-15)12-23-6-4-16(20)5-7-23/h2-3,8-9,11,16H,4-7,10,12H2,1H3. The van der Waals surface area contributed by atoms with Crippen LogP contribution in [0.4, 0.5) is 4.39 Å². The SMILES string of the molecule is Cc1ccc(F)c(-c2cnc3c(c2)CC2(CN4CCC2CC4)O3)c1. The highest BCUT2D eigenvalue weighted by Gasteiger charge is 2.52. The van der Waals surface area contributed by atoms with E-state index in [1.807, 2.05) is 13.0 Å². The molecule has 1 unspecified atom stereocenters. The number of ether oxygens (including phenoxy) is 1. The molecule has 5 heterocycles. The van der Waals surface area contributed by atoms with E-state index in [1.165, 1.54) is 32.0 Å². The fourth-order valence-electron chi connectivity index (χ4n) is 4.72. The predicted molar refractivity (Wildman–Crippen MR) is 90.6 cm³/mol. The molecule has 4 aliphatic rings. The Morgan fingerprint density at radius 3 is 2.83 bits per heavy atom. The van der Waals surface area contributed by atoms with Gasteiger partial charge in [-0.1, -0.05) is 11.6 Å². The lowest BCUT2D eigenvalue weighted by Crippen LogP contribution is -2.61. The molecule has 1 spiro atoms. The third-order valence-corrected chi connectivity index (χ3v) is 5.97. The molecule has 0 N–H and O–H groups in total. The van der Waals surface area contributed by atoms with E-state index >= 15 is 0 Å². The van der Waals surface area contributed by atoms with Crippen molar-refractivity contribution in [3.8, 4) is 17.0 Å². The molecule has 1 aromatic carbocycles. The Morgan fingerprint density at radius 1 is 1.25 bits per heavy atom. The van der Waals surface area contributed by atoms with Crippen molar-refractivity contribution in [2.24, 2.45) is 5.92 Å².